The number of fused-ring (bicyclic) bond motifs is 4. The molecule has 3 fully saturated rings. The van der Waals surface area contributed by atoms with Gasteiger partial charge in [0.25, 0.3) is 0 Å². The van der Waals surface area contributed by atoms with Crippen LogP contribution in [0.4, 0.5) is 10.8 Å². The third-order valence-corrected chi connectivity index (χ3v) is 5.96. The van der Waals surface area contributed by atoms with E-state index in [-0.39, 0.29) is 0 Å². The third kappa shape index (κ3) is 2.93. The van der Waals surface area contributed by atoms with Crippen LogP contribution < -0.4 is 9.80 Å². The Morgan fingerprint density at radius 3 is 2.43 bits per heavy atom. The molecule has 1 aromatic heterocycles. The molecule has 3 aliphatic heterocycles. The van der Waals surface area contributed by atoms with Crippen molar-refractivity contribution in [3.8, 4) is 10.6 Å². The van der Waals surface area contributed by atoms with Gasteiger partial charge < -0.3 is 14.7 Å². The predicted octanol–water partition coefficient (Wildman–Crippen LogP) is 2.56. The smallest absolute Gasteiger partial charge is 0.208 e. The summed E-state index contributed by atoms with van der Waals surface area (Å²) in [5.74, 6) is 0. The Hall–Kier alpha value is -1.66. The van der Waals surface area contributed by atoms with Gasteiger partial charge >= 0.3 is 0 Å². The van der Waals surface area contributed by atoms with Gasteiger partial charge in [0.05, 0.1) is 0 Å². The second-order valence-electron chi connectivity index (χ2n) is 6.60. The first-order valence-electron chi connectivity index (χ1n) is 8.31. The second kappa shape index (κ2) is 6.09. The largest absolute Gasteiger partial charge is 0.378 e. The fraction of sp³-hybridized carbons (Fsp3) is 0.529. The van der Waals surface area contributed by atoms with Crippen LogP contribution in [0.1, 0.15) is 12.8 Å². The first-order valence-corrected chi connectivity index (χ1v) is 9.12. The zero-order valence-electron chi connectivity index (χ0n) is 13.8. The van der Waals surface area contributed by atoms with E-state index in [1.54, 1.807) is 11.3 Å². The van der Waals surface area contributed by atoms with Crippen molar-refractivity contribution < 1.29 is 0 Å². The van der Waals surface area contributed by atoms with Gasteiger partial charge in [0.2, 0.25) is 5.13 Å². The standard InChI is InChI=1S/C17H23N5S/c1-20(2)14-5-3-13(4-6-14)16-18-19-17(23-16)22-12-11-21-9-7-15(22)8-10-21/h3-6,15H,7-12H2,1-2H3. The maximum atomic E-state index is 4.50. The topological polar surface area (TPSA) is 35.5 Å². The van der Waals surface area contributed by atoms with Gasteiger partial charge in [-0.15, -0.1) is 10.2 Å². The third-order valence-electron chi connectivity index (χ3n) is 4.95. The molecule has 1 aromatic carbocycles. The van der Waals surface area contributed by atoms with Gasteiger partial charge in [-0.2, -0.15) is 0 Å². The molecule has 6 heteroatoms. The SMILES string of the molecule is CN(C)c1ccc(-c2nnc(N3CCN4CCC3CC4)s2)cc1. The van der Waals surface area contributed by atoms with Gasteiger partial charge in [-0.05, 0) is 37.1 Å². The summed E-state index contributed by atoms with van der Waals surface area (Å²) in [6.07, 6.45) is 2.51. The van der Waals surface area contributed by atoms with Crippen LogP contribution in [0.25, 0.3) is 10.6 Å². The average molecular weight is 329 g/mol. The van der Waals surface area contributed by atoms with Gasteiger partial charge in [-0.3, -0.25) is 0 Å². The van der Waals surface area contributed by atoms with E-state index in [2.05, 4.69) is 63.3 Å². The molecule has 23 heavy (non-hydrogen) atoms. The van der Waals surface area contributed by atoms with E-state index in [0.717, 1.165) is 28.8 Å². The van der Waals surface area contributed by atoms with Crippen LogP contribution in [-0.4, -0.2) is 61.4 Å². The van der Waals surface area contributed by atoms with Crippen molar-refractivity contribution in [1.82, 2.24) is 15.1 Å². The lowest BCUT2D eigenvalue weighted by Gasteiger charge is -2.30. The second-order valence-corrected chi connectivity index (χ2v) is 7.55. The minimum Gasteiger partial charge on any atom is -0.378 e. The van der Waals surface area contributed by atoms with Crippen LogP contribution in [0.3, 0.4) is 0 Å². The molecule has 5 nitrogen and oxygen atoms in total. The Morgan fingerprint density at radius 2 is 1.74 bits per heavy atom. The predicted molar refractivity (Wildman–Crippen MR) is 96.5 cm³/mol. The summed E-state index contributed by atoms with van der Waals surface area (Å²) in [6.45, 7) is 4.71. The normalized spacial score (nSPS) is 23.8. The molecule has 0 aliphatic carbocycles. The molecule has 0 N–H and O–H groups in total. The molecule has 0 unspecified atom stereocenters. The summed E-state index contributed by atoms with van der Waals surface area (Å²) in [7, 11) is 4.12. The number of hydrogen-bond acceptors (Lipinski definition) is 6. The van der Waals surface area contributed by atoms with Gasteiger partial charge in [0.1, 0.15) is 5.01 Å². The lowest BCUT2D eigenvalue weighted by molar-refractivity contribution is 0.250. The maximum Gasteiger partial charge on any atom is 0.208 e. The molecule has 5 rings (SSSR count). The molecule has 4 heterocycles. The number of hydrogen-bond donors (Lipinski definition) is 0. The fourth-order valence-electron chi connectivity index (χ4n) is 3.49. The molecule has 3 saturated heterocycles. The molecule has 2 aromatic rings. The van der Waals surface area contributed by atoms with Crippen molar-refractivity contribution in [3.63, 3.8) is 0 Å². The van der Waals surface area contributed by atoms with Crippen molar-refractivity contribution in [2.45, 2.75) is 18.9 Å². The zero-order chi connectivity index (χ0) is 15.8. The van der Waals surface area contributed by atoms with E-state index < -0.39 is 0 Å². The molecule has 0 radical (unpaired) electrons. The summed E-state index contributed by atoms with van der Waals surface area (Å²) in [5, 5.41) is 11.1. The Bertz CT molecular complexity index is 658. The van der Waals surface area contributed by atoms with Crippen LogP contribution >= 0.6 is 11.3 Å². The number of nitrogens with zero attached hydrogens (tertiary/aromatic N) is 5. The summed E-state index contributed by atoms with van der Waals surface area (Å²) in [6, 6.07) is 9.19. The fourth-order valence-corrected chi connectivity index (χ4v) is 4.44. The lowest BCUT2D eigenvalue weighted by atomic mass is 10.1. The summed E-state index contributed by atoms with van der Waals surface area (Å²) >= 11 is 1.73. The van der Waals surface area contributed by atoms with Crippen molar-refractivity contribution in [1.29, 1.82) is 0 Å². The highest BCUT2D eigenvalue weighted by molar-refractivity contribution is 7.18. The monoisotopic (exact) mass is 329 g/mol. The molecule has 2 bridgehead atoms. The molecule has 0 atom stereocenters. The molecular weight excluding hydrogens is 306 g/mol. The minimum atomic E-state index is 0.644. The average Bonchev–Trinajstić information content (AvgIpc) is 2.87. The Kier molecular flexibility index (Phi) is 3.95. The number of anilines is 2. The van der Waals surface area contributed by atoms with Crippen LogP contribution in [0.5, 0.6) is 0 Å². The van der Waals surface area contributed by atoms with Crippen LogP contribution in [0.2, 0.25) is 0 Å². The van der Waals surface area contributed by atoms with E-state index in [1.165, 1.54) is 31.6 Å². The number of benzene rings is 1. The van der Waals surface area contributed by atoms with Crippen molar-refractivity contribution in [3.05, 3.63) is 24.3 Å². The Morgan fingerprint density at radius 1 is 1.00 bits per heavy atom. The Labute approximate surface area is 141 Å². The molecule has 0 spiro atoms. The van der Waals surface area contributed by atoms with Crippen LogP contribution in [-0.2, 0) is 0 Å². The van der Waals surface area contributed by atoms with Gasteiger partial charge in [0.15, 0.2) is 0 Å². The highest BCUT2D eigenvalue weighted by atomic mass is 32.1. The van der Waals surface area contributed by atoms with Crippen LogP contribution in [0.15, 0.2) is 24.3 Å². The summed E-state index contributed by atoms with van der Waals surface area (Å²) in [5.41, 5.74) is 2.36. The van der Waals surface area contributed by atoms with Gasteiger partial charge in [0, 0.05) is 57.6 Å². The zero-order valence-corrected chi connectivity index (χ0v) is 14.6. The number of aromatic nitrogens is 2. The van der Waals surface area contributed by atoms with E-state index >= 15 is 0 Å². The van der Waals surface area contributed by atoms with Gasteiger partial charge in [-0.25, -0.2) is 0 Å². The van der Waals surface area contributed by atoms with E-state index in [1.807, 2.05) is 0 Å². The first kappa shape index (κ1) is 14.9. The van der Waals surface area contributed by atoms with Crippen molar-refractivity contribution in [2.24, 2.45) is 0 Å². The van der Waals surface area contributed by atoms with Crippen molar-refractivity contribution >= 4 is 22.2 Å². The minimum absolute atomic E-state index is 0.644. The number of rotatable bonds is 3. The molecular formula is C17H23N5S. The van der Waals surface area contributed by atoms with Gasteiger partial charge in [-0.1, -0.05) is 11.3 Å². The van der Waals surface area contributed by atoms with E-state index in [4.69, 9.17) is 0 Å². The highest BCUT2D eigenvalue weighted by Gasteiger charge is 2.30. The maximum absolute atomic E-state index is 4.50. The summed E-state index contributed by atoms with van der Waals surface area (Å²) in [4.78, 5) is 7.17. The van der Waals surface area contributed by atoms with E-state index in [0.29, 0.717) is 6.04 Å². The first-order chi connectivity index (χ1) is 11.2. The quantitative estimate of drug-likeness (QED) is 0.865. The molecule has 3 aliphatic rings. The number of piperidine rings is 1. The molecule has 122 valence electrons. The molecule has 0 saturated carbocycles. The Balaban J connectivity index is 1.56. The molecule has 0 amide bonds. The lowest BCUT2D eigenvalue weighted by Crippen LogP contribution is -2.37. The van der Waals surface area contributed by atoms with Crippen LogP contribution in [0, 0.1) is 0 Å². The van der Waals surface area contributed by atoms with E-state index in [9.17, 15) is 0 Å². The highest BCUT2D eigenvalue weighted by Crippen LogP contribution is 2.33. The van der Waals surface area contributed by atoms with Crippen molar-refractivity contribution in [2.75, 3.05) is 50.1 Å². The summed E-state index contributed by atoms with van der Waals surface area (Å²) < 4.78 is 0.